The lowest BCUT2D eigenvalue weighted by Crippen LogP contribution is -2.29. The summed E-state index contributed by atoms with van der Waals surface area (Å²) in [5.41, 5.74) is 2.95. The Bertz CT molecular complexity index is 1140. The largest absolute Gasteiger partial charge is 0.318 e. The SMILES string of the molecule is O=c1[nH]nc(-c2ccccc2)c2c1Nc1nnnn1C2c1ccccn1. The van der Waals surface area contributed by atoms with E-state index in [0.717, 1.165) is 5.56 Å². The Kier molecular flexibility index (Phi) is 3.11. The Balaban J connectivity index is 1.84. The summed E-state index contributed by atoms with van der Waals surface area (Å²) in [6.07, 6.45) is 1.70. The monoisotopic (exact) mass is 344 g/mol. The van der Waals surface area contributed by atoms with Crippen molar-refractivity contribution >= 4 is 11.6 Å². The highest BCUT2D eigenvalue weighted by Gasteiger charge is 2.34. The number of nitrogens with zero attached hydrogens (tertiary/aromatic N) is 6. The van der Waals surface area contributed by atoms with E-state index in [-0.39, 0.29) is 5.56 Å². The van der Waals surface area contributed by atoms with E-state index < -0.39 is 6.04 Å². The van der Waals surface area contributed by atoms with Crippen LogP contribution in [0.3, 0.4) is 0 Å². The van der Waals surface area contributed by atoms with E-state index in [2.05, 4.69) is 36.0 Å². The molecule has 0 spiro atoms. The van der Waals surface area contributed by atoms with E-state index in [0.29, 0.717) is 28.6 Å². The maximum Gasteiger partial charge on any atom is 0.288 e. The Morgan fingerprint density at radius 3 is 2.69 bits per heavy atom. The molecule has 0 saturated heterocycles. The molecular formula is C17H12N8O. The van der Waals surface area contributed by atoms with Gasteiger partial charge in [-0.15, -0.1) is 0 Å². The van der Waals surface area contributed by atoms with E-state index in [9.17, 15) is 4.79 Å². The summed E-state index contributed by atoms with van der Waals surface area (Å²) >= 11 is 0. The topological polar surface area (TPSA) is 114 Å². The van der Waals surface area contributed by atoms with Crippen LogP contribution in [0.5, 0.6) is 0 Å². The molecule has 4 aromatic rings. The predicted molar refractivity (Wildman–Crippen MR) is 92.9 cm³/mol. The summed E-state index contributed by atoms with van der Waals surface area (Å²) in [5, 5.41) is 21.7. The summed E-state index contributed by atoms with van der Waals surface area (Å²) in [6.45, 7) is 0. The summed E-state index contributed by atoms with van der Waals surface area (Å²) in [5.74, 6) is 0.379. The second-order valence-corrected chi connectivity index (χ2v) is 5.79. The average Bonchev–Trinajstić information content (AvgIpc) is 3.16. The lowest BCUT2D eigenvalue weighted by atomic mass is 9.95. The zero-order valence-corrected chi connectivity index (χ0v) is 13.4. The summed E-state index contributed by atoms with van der Waals surface area (Å²) < 4.78 is 1.61. The number of nitrogens with one attached hydrogen (secondary N) is 2. The van der Waals surface area contributed by atoms with Crippen LogP contribution in [0.4, 0.5) is 11.6 Å². The molecule has 0 amide bonds. The Morgan fingerprint density at radius 2 is 1.88 bits per heavy atom. The smallest absolute Gasteiger partial charge is 0.288 e. The number of aromatic amines is 1. The number of hydrogen-bond acceptors (Lipinski definition) is 7. The zero-order valence-electron chi connectivity index (χ0n) is 13.4. The maximum atomic E-state index is 12.5. The molecule has 9 heteroatoms. The molecule has 2 N–H and O–H groups in total. The number of aromatic nitrogens is 7. The molecule has 9 nitrogen and oxygen atoms in total. The minimum Gasteiger partial charge on any atom is -0.318 e. The van der Waals surface area contributed by atoms with Gasteiger partial charge >= 0.3 is 0 Å². The molecule has 5 rings (SSSR count). The maximum absolute atomic E-state index is 12.5. The second-order valence-electron chi connectivity index (χ2n) is 5.79. The van der Waals surface area contributed by atoms with Crippen molar-refractivity contribution in [2.24, 2.45) is 0 Å². The number of H-pyrrole nitrogens is 1. The zero-order chi connectivity index (χ0) is 17.5. The van der Waals surface area contributed by atoms with Gasteiger partial charge in [0.15, 0.2) is 0 Å². The standard InChI is InChI=1S/C17H12N8O/c26-16-14-12(13(20-21-16)10-6-2-1-3-7-10)15(11-8-4-5-9-18-11)25-17(19-14)22-23-24-25/h1-9,15H,(H,21,26)(H,19,22,24). The van der Waals surface area contributed by atoms with Crippen LogP contribution in [-0.2, 0) is 0 Å². The number of benzene rings is 1. The minimum atomic E-state index is -0.470. The van der Waals surface area contributed by atoms with E-state index in [4.69, 9.17) is 0 Å². The third-order valence-electron chi connectivity index (χ3n) is 4.28. The molecule has 26 heavy (non-hydrogen) atoms. The van der Waals surface area contributed by atoms with Crippen LogP contribution in [-0.4, -0.2) is 35.4 Å². The molecular weight excluding hydrogens is 332 g/mol. The second kappa shape index (κ2) is 5.59. The van der Waals surface area contributed by atoms with Gasteiger partial charge in [0, 0.05) is 17.3 Å². The molecule has 1 atom stereocenters. The molecule has 0 radical (unpaired) electrons. The van der Waals surface area contributed by atoms with Crippen LogP contribution in [0, 0.1) is 0 Å². The normalized spacial score (nSPS) is 15.0. The molecule has 0 saturated carbocycles. The predicted octanol–water partition coefficient (Wildman–Crippen LogP) is 1.51. The van der Waals surface area contributed by atoms with Gasteiger partial charge in [0.05, 0.1) is 11.4 Å². The number of hydrogen-bond donors (Lipinski definition) is 2. The van der Waals surface area contributed by atoms with Crippen molar-refractivity contribution < 1.29 is 0 Å². The fraction of sp³-hybridized carbons (Fsp3) is 0.0588. The molecule has 126 valence electrons. The van der Waals surface area contributed by atoms with Gasteiger partial charge in [-0.2, -0.15) is 9.78 Å². The van der Waals surface area contributed by atoms with Crippen molar-refractivity contribution in [1.29, 1.82) is 0 Å². The lowest BCUT2D eigenvalue weighted by molar-refractivity contribution is 0.556. The fourth-order valence-corrected chi connectivity index (χ4v) is 3.16. The van der Waals surface area contributed by atoms with Crippen molar-refractivity contribution in [3.05, 3.63) is 76.3 Å². The van der Waals surface area contributed by atoms with Crippen molar-refractivity contribution in [2.45, 2.75) is 6.04 Å². The van der Waals surface area contributed by atoms with Crippen molar-refractivity contribution in [3.8, 4) is 11.3 Å². The quantitative estimate of drug-likeness (QED) is 0.499. The van der Waals surface area contributed by atoms with Gasteiger partial charge in [-0.25, -0.2) is 5.10 Å². The number of anilines is 2. The highest BCUT2D eigenvalue weighted by Crippen LogP contribution is 2.40. The number of fused-ring (bicyclic) bond motifs is 2. The van der Waals surface area contributed by atoms with Crippen LogP contribution in [0.25, 0.3) is 11.3 Å². The molecule has 1 unspecified atom stereocenters. The minimum absolute atomic E-state index is 0.338. The van der Waals surface area contributed by atoms with Crippen LogP contribution < -0.4 is 10.9 Å². The first kappa shape index (κ1) is 14.5. The van der Waals surface area contributed by atoms with Crippen molar-refractivity contribution in [1.82, 2.24) is 35.4 Å². The molecule has 3 aromatic heterocycles. The molecule has 1 aliphatic heterocycles. The van der Waals surface area contributed by atoms with E-state index in [1.165, 1.54) is 0 Å². The highest BCUT2D eigenvalue weighted by atomic mass is 16.1. The highest BCUT2D eigenvalue weighted by molar-refractivity contribution is 5.75. The summed E-state index contributed by atoms with van der Waals surface area (Å²) in [4.78, 5) is 16.9. The Morgan fingerprint density at radius 1 is 1.04 bits per heavy atom. The van der Waals surface area contributed by atoms with Crippen LogP contribution in [0.2, 0.25) is 0 Å². The molecule has 4 heterocycles. The Hall–Kier alpha value is -3.88. The first-order chi connectivity index (χ1) is 12.8. The number of rotatable bonds is 2. The summed E-state index contributed by atoms with van der Waals surface area (Å²) in [7, 11) is 0. The third-order valence-corrected chi connectivity index (χ3v) is 4.28. The van der Waals surface area contributed by atoms with Crippen LogP contribution in [0.15, 0.2) is 59.5 Å². The fourth-order valence-electron chi connectivity index (χ4n) is 3.16. The van der Waals surface area contributed by atoms with Gasteiger partial charge in [-0.3, -0.25) is 9.78 Å². The van der Waals surface area contributed by atoms with E-state index >= 15 is 0 Å². The molecule has 0 aliphatic carbocycles. The average molecular weight is 344 g/mol. The number of tetrazole rings is 1. The third kappa shape index (κ3) is 2.10. The first-order valence-corrected chi connectivity index (χ1v) is 7.97. The number of pyridine rings is 1. The van der Waals surface area contributed by atoms with Gasteiger partial charge in [0.2, 0.25) is 5.95 Å². The lowest BCUT2D eigenvalue weighted by Gasteiger charge is -2.27. The van der Waals surface area contributed by atoms with Gasteiger partial charge in [-0.05, 0) is 22.6 Å². The molecule has 0 bridgehead atoms. The van der Waals surface area contributed by atoms with Gasteiger partial charge in [0.1, 0.15) is 11.7 Å². The van der Waals surface area contributed by atoms with E-state index in [1.807, 2.05) is 48.5 Å². The summed E-state index contributed by atoms with van der Waals surface area (Å²) in [6, 6.07) is 14.8. The molecule has 1 aliphatic rings. The molecule has 1 aromatic carbocycles. The van der Waals surface area contributed by atoms with Gasteiger partial charge in [-0.1, -0.05) is 41.5 Å². The van der Waals surface area contributed by atoms with Gasteiger partial charge < -0.3 is 5.32 Å². The van der Waals surface area contributed by atoms with Crippen molar-refractivity contribution in [2.75, 3.05) is 5.32 Å². The first-order valence-electron chi connectivity index (χ1n) is 7.97. The van der Waals surface area contributed by atoms with Crippen LogP contribution >= 0.6 is 0 Å². The Labute approximate surface area is 146 Å². The van der Waals surface area contributed by atoms with E-state index in [1.54, 1.807) is 10.9 Å². The van der Waals surface area contributed by atoms with Gasteiger partial charge in [0.25, 0.3) is 5.56 Å². The van der Waals surface area contributed by atoms with Crippen LogP contribution in [0.1, 0.15) is 17.3 Å². The molecule has 0 fully saturated rings. The van der Waals surface area contributed by atoms with Crippen molar-refractivity contribution in [3.63, 3.8) is 0 Å².